The van der Waals surface area contributed by atoms with Gasteiger partial charge in [-0.05, 0) is 66.4 Å². The van der Waals surface area contributed by atoms with Crippen LogP contribution in [-0.4, -0.2) is 9.38 Å². The Morgan fingerprint density at radius 1 is 0.694 bits per heavy atom. The molecule has 0 spiro atoms. The molecule has 0 unspecified atom stereocenters. The molecule has 0 saturated heterocycles. The Morgan fingerprint density at radius 3 is 2.25 bits per heavy atom. The van der Waals surface area contributed by atoms with Gasteiger partial charge in [-0.1, -0.05) is 72.8 Å². The first kappa shape index (κ1) is 20.8. The number of imidazole rings is 1. The Kier molecular flexibility index (Phi) is 4.49. The first-order valence-corrected chi connectivity index (χ1v) is 12.4. The molecular weight excluding hydrogens is 438 g/mol. The van der Waals surface area contributed by atoms with Gasteiger partial charge in [0, 0.05) is 10.9 Å². The molecule has 0 aliphatic heterocycles. The fourth-order valence-corrected chi connectivity index (χ4v) is 5.85. The zero-order valence-corrected chi connectivity index (χ0v) is 20.7. The van der Waals surface area contributed by atoms with Gasteiger partial charge in [-0.3, -0.25) is 0 Å². The van der Waals surface area contributed by atoms with Crippen LogP contribution in [0.15, 0.2) is 103 Å². The van der Waals surface area contributed by atoms with Gasteiger partial charge in [0.25, 0.3) is 5.65 Å². The molecule has 36 heavy (non-hydrogen) atoms. The Labute approximate surface area is 209 Å². The van der Waals surface area contributed by atoms with Crippen LogP contribution in [0.1, 0.15) is 11.1 Å². The van der Waals surface area contributed by atoms with Crippen molar-refractivity contribution in [2.75, 3.05) is 0 Å². The molecule has 0 atom stereocenters. The van der Waals surface area contributed by atoms with Crippen molar-refractivity contribution >= 4 is 38.5 Å². The lowest BCUT2D eigenvalue weighted by molar-refractivity contribution is -0.617. The molecule has 7 aromatic rings. The SMILES string of the molecule is Cc1cccc(-c2ccccc2)c1-c1cc(C)c2c(n1)c1ccccc1n1c3ccccc3[n+](C)c21. The van der Waals surface area contributed by atoms with E-state index < -0.39 is 0 Å². The van der Waals surface area contributed by atoms with Crippen molar-refractivity contribution in [2.24, 2.45) is 7.05 Å². The lowest BCUT2D eigenvalue weighted by atomic mass is 9.92. The molecule has 0 bridgehead atoms. The zero-order valence-electron chi connectivity index (χ0n) is 20.7. The second-order valence-electron chi connectivity index (χ2n) is 9.64. The first-order chi connectivity index (χ1) is 17.6. The van der Waals surface area contributed by atoms with E-state index in [1.807, 2.05) is 0 Å². The second kappa shape index (κ2) is 7.76. The van der Waals surface area contributed by atoms with Crippen LogP contribution in [0.2, 0.25) is 0 Å². The highest BCUT2D eigenvalue weighted by atomic mass is 15.1. The molecule has 3 heterocycles. The molecule has 3 nitrogen and oxygen atoms in total. The molecule has 0 fully saturated rings. The predicted octanol–water partition coefficient (Wildman–Crippen LogP) is 7.57. The van der Waals surface area contributed by atoms with Gasteiger partial charge in [-0.25, -0.2) is 9.55 Å². The third kappa shape index (κ3) is 2.86. The van der Waals surface area contributed by atoms with Crippen LogP contribution in [0.4, 0.5) is 0 Å². The number of para-hydroxylation sites is 3. The average molecular weight is 465 g/mol. The predicted molar refractivity (Wildman–Crippen MR) is 149 cm³/mol. The second-order valence-corrected chi connectivity index (χ2v) is 9.64. The summed E-state index contributed by atoms with van der Waals surface area (Å²) < 4.78 is 4.70. The van der Waals surface area contributed by atoms with Gasteiger partial charge in [0.05, 0.1) is 23.6 Å². The molecule has 0 amide bonds. The Hall–Kier alpha value is -4.50. The van der Waals surface area contributed by atoms with E-state index in [0.29, 0.717) is 0 Å². The molecule has 4 aromatic carbocycles. The minimum atomic E-state index is 1.02. The third-order valence-corrected chi connectivity index (χ3v) is 7.47. The number of fused-ring (bicyclic) bond motifs is 8. The molecule has 0 aliphatic carbocycles. The van der Waals surface area contributed by atoms with Crippen molar-refractivity contribution in [1.82, 2.24) is 9.38 Å². The van der Waals surface area contributed by atoms with Gasteiger partial charge < -0.3 is 0 Å². The highest BCUT2D eigenvalue weighted by Crippen LogP contribution is 2.38. The summed E-state index contributed by atoms with van der Waals surface area (Å²) in [7, 11) is 2.16. The van der Waals surface area contributed by atoms with E-state index in [1.54, 1.807) is 0 Å². The number of aryl methyl sites for hydroxylation is 3. The van der Waals surface area contributed by atoms with E-state index >= 15 is 0 Å². The summed E-state index contributed by atoms with van der Waals surface area (Å²) in [6.07, 6.45) is 0. The maximum atomic E-state index is 5.42. The van der Waals surface area contributed by atoms with E-state index in [2.05, 4.69) is 133 Å². The summed E-state index contributed by atoms with van der Waals surface area (Å²) in [6, 6.07) is 36.7. The average Bonchev–Trinajstić information content (AvgIpc) is 3.21. The van der Waals surface area contributed by atoms with Crippen LogP contribution < -0.4 is 4.57 Å². The maximum Gasteiger partial charge on any atom is 0.297 e. The van der Waals surface area contributed by atoms with Crippen molar-refractivity contribution < 1.29 is 4.57 Å². The molecule has 0 N–H and O–H groups in total. The summed E-state index contributed by atoms with van der Waals surface area (Å²) in [5.41, 5.74) is 12.9. The summed E-state index contributed by atoms with van der Waals surface area (Å²) in [6.45, 7) is 4.41. The van der Waals surface area contributed by atoms with Crippen LogP contribution in [0.3, 0.4) is 0 Å². The number of benzene rings is 4. The summed E-state index contributed by atoms with van der Waals surface area (Å²) in [5, 5.41) is 2.37. The molecule has 0 saturated carbocycles. The summed E-state index contributed by atoms with van der Waals surface area (Å²) in [5.74, 6) is 0. The number of aromatic nitrogens is 3. The van der Waals surface area contributed by atoms with Gasteiger partial charge in [-0.2, -0.15) is 4.40 Å². The highest BCUT2D eigenvalue weighted by molar-refractivity contribution is 6.12. The van der Waals surface area contributed by atoms with Crippen molar-refractivity contribution in [3.05, 3.63) is 114 Å². The lowest BCUT2D eigenvalue weighted by Gasteiger charge is -2.15. The molecule has 3 aromatic heterocycles. The van der Waals surface area contributed by atoms with Gasteiger partial charge in [-0.15, -0.1) is 0 Å². The van der Waals surface area contributed by atoms with Gasteiger partial charge in [0.1, 0.15) is 5.52 Å². The summed E-state index contributed by atoms with van der Waals surface area (Å²) in [4.78, 5) is 5.42. The number of hydrogen-bond donors (Lipinski definition) is 0. The molecular formula is C33H26N3+. The topological polar surface area (TPSA) is 21.2 Å². The third-order valence-electron chi connectivity index (χ3n) is 7.47. The van der Waals surface area contributed by atoms with Gasteiger partial charge >= 0.3 is 0 Å². The van der Waals surface area contributed by atoms with E-state index in [-0.39, 0.29) is 0 Å². The van der Waals surface area contributed by atoms with E-state index in [1.165, 1.54) is 60.8 Å². The highest BCUT2D eigenvalue weighted by Gasteiger charge is 2.25. The van der Waals surface area contributed by atoms with Crippen LogP contribution in [0.5, 0.6) is 0 Å². The monoisotopic (exact) mass is 464 g/mol. The number of hydrogen-bond acceptors (Lipinski definition) is 1. The van der Waals surface area contributed by atoms with Crippen molar-refractivity contribution in [3.63, 3.8) is 0 Å². The molecule has 172 valence electrons. The van der Waals surface area contributed by atoms with Crippen LogP contribution in [-0.2, 0) is 7.05 Å². The number of nitrogens with zero attached hydrogens (tertiary/aromatic N) is 3. The molecule has 0 radical (unpaired) electrons. The summed E-state index contributed by atoms with van der Waals surface area (Å²) >= 11 is 0. The van der Waals surface area contributed by atoms with Gasteiger partial charge in [0.15, 0.2) is 11.0 Å². The fourth-order valence-electron chi connectivity index (χ4n) is 5.85. The largest absolute Gasteiger partial charge is 0.297 e. The van der Waals surface area contributed by atoms with Crippen LogP contribution in [0.25, 0.3) is 60.9 Å². The van der Waals surface area contributed by atoms with Crippen molar-refractivity contribution in [2.45, 2.75) is 13.8 Å². The molecule has 7 rings (SSSR count). The van der Waals surface area contributed by atoms with Crippen molar-refractivity contribution in [1.29, 1.82) is 0 Å². The smallest absolute Gasteiger partial charge is 0.247 e. The quantitative estimate of drug-likeness (QED) is 0.191. The minimum absolute atomic E-state index is 1.02. The standard InChI is InChI=1S/C33H26N3/c1-21-12-11-16-24(23-13-5-4-6-14-23)30(21)26-20-22(2)31-32(34-26)25-15-7-8-17-27(25)36-29-19-10-9-18-28(29)35(3)33(31)36/h4-20H,1-3H3/q+1. The number of pyridine rings is 2. The Bertz CT molecular complexity index is 1960. The Morgan fingerprint density at radius 2 is 1.42 bits per heavy atom. The first-order valence-electron chi connectivity index (χ1n) is 12.4. The molecule has 0 aliphatic rings. The van der Waals surface area contributed by atoms with E-state index in [0.717, 1.165) is 11.2 Å². The molecule has 3 heteroatoms. The Balaban J connectivity index is 1.66. The maximum absolute atomic E-state index is 5.42. The van der Waals surface area contributed by atoms with E-state index in [4.69, 9.17) is 4.98 Å². The van der Waals surface area contributed by atoms with Crippen LogP contribution in [0, 0.1) is 13.8 Å². The van der Waals surface area contributed by atoms with Crippen molar-refractivity contribution in [3.8, 4) is 22.4 Å². The normalized spacial score (nSPS) is 11.8. The van der Waals surface area contributed by atoms with Gasteiger partial charge in [0.2, 0.25) is 0 Å². The minimum Gasteiger partial charge on any atom is -0.247 e. The zero-order chi connectivity index (χ0) is 24.4. The van der Waals surface area contributed by atoms with Crippen LogP contribution >= 0.6 is 0 Å². The number of rotatable bonds is 2. The lowest BCUT2D eigenvalue weighted by Crippen LogP contribution is -2.27. The van der Waals surface area contributed by atoms with E-state index in [9.17, 15) is 0 Å². The fraction of sp³-hybridized carbons (Fsp3) is 0.0909.